The number of hydrogen-bond donors (Lipinski definition) is 1. The van der Waals surface area contributed by atoms with Crippen LogP contribution in [-0.2, 0) is 0 Å². The van der Waals surface area contributed by atoms with Crippen molar-refractivity contribution in [2.45, 2.75) is 26.7 Å². The molecular formula is C15H21BrN2O. The predicted octanol–water partition coefficient (Wildman–Crippen LogP) is 4.25. The van der Waals surface area contributed by atoms with E-state index in [1.165, 1.54) is 0 Å². The van der Waals surface area contributed by atoms with E-state index in [1.807, 2.05) is 35.2 Å². The molecule has 4 heteroatoms. The normalized spacial score (nSPS) is 10.7. The van der Waals surface area contributed by atoms with Crippen LogP contribution in [0.1, 0.15) is 32.3 Å². The lowest BCUT2D eigenvalue weighted by Crippen LogP contribution is -2.38. The van der Waals surface area contributed by atoms with Gasteiger partial charge in [0.1, 0.15) is 0 Å². The SMILES string of the molecule is CCCN(CCC)C(=O)N/C=C/c1ccc(Br)cc1. The molecule has 0 saturated carbocycles. The second-order valence-electron chi connectivity index (χ2n) is 4.32. The Bertz CT molecular complexity index is 409. The van der Waals surface area contributed by atoms with Gasteiger partial charge in [0.05, 0.1) is 0 Å². The largest absolute Gasteiger partial charge is 0.325 e. The van der Waals surface area contributed by atoms with E-state index >= 15 is 0 Å². The van der Waals surface area contributed by atoms with Crippen LogP contribution in [0.15, 0.2) is 34.9 Å². The highest BCUT2D eigenvalue weighted by molar-refractivity contribution is 9.10. The smallest absolute Gasteiger partial charge is 0.321 e. The van der Waals surface area contributed by atoms with E-state index in [4.69, 9.17) is 0 Å². The van der Waals surface area contributed by atoms with Gasteiger partial charge in [-0.25, -0.2) is 4.79 Å². The fourth-order valence-corrected chi connectivity index (χ4v) is 1.99. The number of hydrogen-bond acceptors (Lipinski definition) is 1. The number of amides is 2. The van der Waals surface area contributed by atoms with E-state index in [2.05, 4.69) is 35.1 Å². The van der Waals surface area contributed by atoms with E-state index in [0.29, 0.717) is 0 Å². The summed E-state index contributed by atoms with van der Waals surface area (Å²) in [5, 5.41) is 2.81. The fourth-order valence-electron chi connectivity index (χ4n) is 1.73. The monoisotopic (exact) mass is 324 g/mol. The molecule has 0 aliphatic heterocycles. The van der Waals surface area contributed by atoms with Crippen LogP contribution in [0.5, 0.6) is 0 Å². The molecule has 0 aromatic heterocycles. The van der Waals surface area contributed by atoms with Crippen molar-refractivity contribution in [3.05, 3.63) is 40.5 Å². The number of urea groups is 1. The first-order chi connectivity index (χ1) is 9.17. The number of carbonyl (C=O) groups excluding carboxylic acids is 1. The minimum absolute atomic E-state index is 0.0305. The molecule has 0 atom stereocenters. The Morgan fingerprint density at radius 2 is 1.79 bits per heavy atom. The van der Waals surface area contributed by atoms with E-state index in [9.17, 15) is 4.79 Å². The average molecular weight is 325 g/mol. The number of carbonyl (C=O) groups is 1. The first-order valence-electron chi connectivity index (χ1n) is 6.65. The van der Waals surface area contributed by atoms with Gasteiger partial charge in [0.25, 0.3) is 0 Å². The molecule has 0 radical (unpaired) electrons. The Morgan fingerprint density at radius 3 is 2.32 bits per heavy atom. The minimum atomic E-state index is -0.0305. The summed E-state index contributed by atoms with van der Waals surface area (Å²) in [4.78, 5) is 13.8. The lowest BCUT2D eigenvalue weighted by atomic mass is 10.2. The fraction of sp³-hybridized carbons (Fsp3) is 0.400. The number of nitrogens with zero attached hydrogens (tertiary/aromatic N) is 1. The van der Waals surface area contributed by atoms with Crippen LogP contribution in [0.2, 0.25) is 0 Å². The molecule has 0 spiro atoms. The maximum Gasteiger partial charge on any atom is 0.321 e. The van der Waals surface area contributed by atoms with Crippen molar-refractivity contribution in [1.29, 1.82) is 0 Å². The van der Waals surface area contributed by atoms with Crippen molar-refractivity contribution in [2.24, 2.45) is 0 Å². The molecule has 104 valence electrons. The molecule has 0 saturated heterocycles. The van der Waals surface area contributed by atoms with Gasteiger partial charge in [0, 0.05) is 23.8 Å². The van der Waals surface area contributed by atoms with Crippen molar-refractivity contribution in [2.75, 3.05) is 13.1 Å². The summed E-state index contributed by atoms with van der Waals surface area (Å²) in [6.07, 6.45) is 5.54. The topological polar surface area (TPSA) is 32.3 Å². The molecule has 0 unspecified atom stereocenters. The first-order valence-corrected chi connectivity index (χ1v) is 7.44. The number of benzene rings is 1. The summed E-state index contributed by atoms with van der Waals surface area (Å²) in [5.74, 6) is 0. The predicted molar refractivity (Wildman–Crippen MR) is 83.9 cm³/mol. The van der Waals surface area contributed by atoms with Crippen LogP contribution >= 0.6 is 15.9 Å². The Morgan fingerprint density at radius 1 is 1.21 bits per heavy atom. The number of rotatable bonds is 6. The average Bonchev–Trinajstić information content (AvgIpc) is 2.40. The minimum Gasteiger partial charge on any atom is -0.325 e. The summed E-state index contributed by atoms with van der Waals surface area (Å²) >= 11 is 3.39. The molecule has 1 rings (SSSR count). The van der Waals surface area contributed by atoms with Crippen LogP contribution < -0.4 is 5.32 Å². The Balaban J connectivity index is 2.49. The molecule has 2 amide bonds. The van der Waals surface area contributed by atoms with E-state index in [0.717, 1.165) is 36.0 Å². The molecule has 0 aliphatic rings. The molecule has 1 aromatic carbocycles. The molecule has 0 aliphatic carbocycles. The van der Waals surface area contributed by atoms with Crippen molar-refractivity contribution in [1.82, 2.24) is 10.2 Å². The van der Waals surface area contributed by atoms with Gasteiger partial charge in [-0.2, -0.15) is 0 Å². The molecule has 3 nitrogen and oxygen atoms in total. The van der Waals surface area contributed by atoms with E-state index in [1.54, 1.807) is 6.20 Å². The Hall–Kier alpha value is -1.29. The molecule has 0 bridgehead atoms. The van der Waals surface area contributed by atoms with Gasteiger partial charge in [0.15, 0.2) is 0 Å². The third-order valence-corrected chi connectivity index (χ3v) is 3.16. The molecule has 1 N–H and O–H groups in total. The summed E-state index contributed by atoms with van der Waals surface area (Å²) < 4.78 is 1.05. The lowest BCUT2D eigenvalue weighted by Gasteiger charge is -2.20. The van der Waals surface area contributed by atoms with Gasteiger partial charge in [-0.3, -0.25) is 0 Å². The third-order valence-electron chi connectivity index (χ3n) is 2.63. The number of halogens is 1. The molecule has 19 heavy (non-hydrogen) atoms. The highest BCUT2D eigenvalue weighted by atomic mass is 79.9. The quantitative estimate of drug-likeness (QED) is 0.833. The first kappa shape index (κ1) is 15.8. The zero-order chi connectivity index (χ0) is 14.1. The van der Waals surface area contributed by atoms with Crippen molar-refractivity contribution < 1.29 is 4.79 Å². The summed E-state index contributed by atoms with van der Waals surface area (Å²) in [5.41, 5.74) is 1.06. The molecular weight excluding hydrogens is 304 g/mol. The van der Waals surface area contributed by atoms with Crippen LogP contribution in [0.3, 0.4) is 0 Å². The van der Waals surface area contributed by atoms with Gasteiger partial charge < -0.3 is 10.2 Å². The van der Waals surface area contributed by atoms with Gasteiger partial charge >= 0.3 is 6.03 Å². The zero-order valence-electron chi connectivity index (χ0n) is 11.5. The van der Waals surface area contributed by atoms with Crippen molar-refractivity contribution in [3.63, 3.8) is 0 Å². The van der Waals surface area contributed by atoms with Crippen LogP contribution in [0.4, 0.5) is 4.79 Å². The van der Waals surface area contributed by atoms with Gasteiger partial charge in [-0.15, -0.1) is 0 Å². The highest BCUT2D eigenvalue weighted by Crippen LogP contribution is 2.11. The van der Waals surface area contributed by atoms with E-state index < -0.39 is 0 Å². The van der Waals surface area contributed by atoms with Crippen molar-refractivity contribution in [3.8, 4) is 0 Å². The van der Waals surface area contributed by atoms with Crippen LogP contribution in [0, 0.1) is 0 Å². The van der Waals surface area contributed by atoms with Gasteiger partial charge in [0.2, 0.25) is 0 Å². The highest BCUT2D eigenvalue weighted by Gasteiger charge is 2.08. The standard InChI is InChI=1S/C15H21BrN2O/c1-3-11-18(12-4-2)15(19)17-10-9-13-5-7-14(16)8-6-13/h5-10H,3-4,11-12H2,1-2H3,(H,17,19)/b10-9+. The summed E-state index contributed by atoms with van der Waals surface area (Å²) in [6, 6.07) is 7.90. The summed E-state index contributed by atoms with van der Waals surface area (Å²) in [7, 11) is 0. The lowest BCUT2D eigenvalue weighted by molar-refractivity contribution is 0.201. The zero-order valence-corrected chi connectivity index (χ0v) is 13.1. The Labute approximate surface area is 123 Å². The van der Waals surface area contributed by atoms with Gasteiger partial charge in [-0.1, -0.05) is 41.9 Å². The summed E-state index contributed by atoms with van der Waals surface area (Å²) in [6.45, 7) is 5.75. The second-order valence-corrected chi connectivity index (χ2v) is 5.24. The molecule has 0 fully saturated rings. The maximum absolute atomic E-state index is 11.9. The van der Waals surface area contributed by atoms with Crippen molar-refractivity contribution >= 4 is 28.0 Å². The molecule has 0 heterocycles. The molecule has 1 aromatic rings. The van der Waals surface area contributed by atoms with E-state index in [-0.39, 0.29) is 6.03 Å². The van der Waals surface area contributed by atoms with Crippen LogP contribution in [-0.4, -0.2) is 24.0 Å². The van der Waals surface area contributed by atoms with Gasteiger partial charge in [-0.05, 0) is 36.6 Å². The Kier molecular flexibility index (Phi) is 7.26. The second kappa shape index (κ2) is 8.75. The number of nitrogens with one attached hydrogen (secondary N) is 1. The maximum atomic E-state index is 11.9. The third kappa shape index (κ3) is 5.92. The van der Waals surface area contributed by atoms with Crippen LogP contribution in [0.25, 0.3) is 6.08 Å².